The van der Waals surface area contributed by atoms with Gasteiger partial charge in [0.25, 0.3) is 5.91 Å². The summed E-state index contributed by atoms with van der Waals surface area (Å²) < 4.78 is 10.6. The van der Waals surface area contributed by atoms with Crippen molar-refractivity contribution >= 4 is 35.1 Å². The van der Waals surface area contributed by atoms with Crippen LogP contribution in [-0.4, -0.2) is 18.5 Å². The van der Waals surface area contributed by atoms with E-state index in [0.717, 1.165) is 5.56 Å². The zero-order chi connectivity index (χ0) is 20.2. The van der Waals surface area contributed by atoms with E-state index in [1.807, 2.05) is 12.1 Å². The molecule has 1 amide bonds. The fraction of sp³-hybridized carbons (Fsp3) is 0.0435. The molecular formula is C23H16ClNO4. The Kier molecular flexibility index (Phi) is 5.31. The van der Waals surface area contributed by atoms with Crippen LogP contribution in [-0.2, 0) is 0 Å². The van der Waals surface area contributed by atoms with Crippen LogP contribution in [0.1, 0.15) is 26.3 Å². The van der Waals surface area contributed by atoms with E-state index < -0.39 is 0 Å². The molecule has 3 aromatic carbocycles. The van der Waals surface area contributed by atoms with Gasteiger partial charge in [0.05, 0.1) is 0 Å². The molecular weight excluding hydrogens is 390 g/mol. The summed E-state index contributed by atoms with van der Waals surface area (Å²) in [5.74, 6) is 0.809. The van der Waals surface area contributed by atoms with E-state index in [-0.39, 0.29) is 18.5 Å². The first-order valence-electron chi connectivity index (χ1n) is 8.87. The summed E-state index contributed by atoms with van der Waals surface area (Å²) in [6.07, 6.45) is 3.18. The number of nitrogens with one attached hydrogen (secondary N) is 1. The van der Waals surface area contributed by atoms with Crippen molar-refractivity contribution in [2.75, 3.05) is 12.1 Å². The summed E-state index contributed by atoms with van der Waals surface area (Å²) in [4.78, 5) is 24.8. The van der Waals surface area contributed by atoms with Crippen LogP contribution in [0.4, 0.5) is 5.69 Å². The largest absolute Gasteiger partial charge is 0.454 e. The standard InChI is InChI=1S/C23H16ClNO4/c24-18-8-5-16(6-9-18)23(27)25-19-3-1-2-15(12-19)4-10-20(26)17-7-11-21-22(13-17)29-14-28-21/h1-13H,14H2,(H,25,27). The monoisotopic (exact) mass is 405 g/mol. The molecule has 0 spiro atoms. The van der Waals surface area contributed by atoms with Gasteiger partial charge in [-0.15, -0.1) is 0 Å². The lowest BCUT2D eigenvalue weighted by molar-refractivity contribution is 0.102. The number of benzene rings is 3. The van der Waals surface area contributed by atoms with E-state index in [2.05, 4.69) is 5.32 Å². The quantitative estimate of drug-likeness (QED) is 0.467. The lowest BCUT2D eigenvalue weighted by Crippen LogP contribution is -2.11. The van der Waals surface area contributed by atoms with Crippen molar-refractivity contribution < 1.29 is 19.1 Å². The van der Waals surface area contributed by atoms with Crippen LogP contribution in [0.5, 0.6) is 11.5 Å². The van der Waals surface area contributed by atoms with Crippen molar-refractivity contribution in [1.82, 2.24) is 0 Å². The van der Waals surface area contributed by atoms with Crippen LogP contribution in [0.3, 0.4) is 0 Å². The van der Waals surface area contributed by atoms with Crippen molar-refractivity contribution in [3.63, 3.8) is 0 Å². The van der Waals surface area contributed by atoms with Gasteiger partial charge >= 0.3 is 0 Å². The van der Waals surface area contributed by atoms with Crippen molar-refractivity contribution in [2.24, 2.45) is 0 Å². The Morgan fingerprint density at radius 2 is 1.66 bits per heavy atom. The lowest BCUT2D eigenvalue weighted by atomic mass is 10.1. The summed E-state index contributed by atoms with van der Waals surface area (Å²) in [6.45, 7) is 0.164. The fourth-order valence-electron chi connectivity index (χ4n) is 2.84. The maximum Gasteiger partial charge on any atom is 0.255 e. The number of carbonyl (C=O) groups excluding carboxylic acids is 2. The Hall–Kier alpha value is -3.57. The van der Waals surface area contributed by atoms with Crippen LogP contribution >= 0.6 is 11.6 Å². The highest BCUT2D eigenvalue weighted by molar-refractivity contribution is 6.30. The van der Waals surface area contributed by atoms with Crippen LogP contribution in [0.25, 0.3) is 6.08 Å². The SMILES string of the molecule is O=C(C=Cc1cccc(NC(=O)c2ccc(Cl)cc2)c1)c1ccc2c(c1)OCO2. The second kappa shape index (κ2) is 8.20. The highest BCUT2D eigenvalue weighted by atomic mass is 35.5. The fourth-order valence-corrected chi connectivity index (χ4v) is 2.97. The Morgan fingerprint density at radius 3 is 2.48 bits per heavy atom. The molecule has 5 nitrogen and oxygen atoms in total. The van der Waals surface area contributed by atoms with Crippen molar-refractivity contribution in [3.05, 3.63) is 94.5 Å². The Morgan fingerprint density at radius 1 is 0.897 bits per heavy atom. The molecule has 1 heterocycles. The molecule has 0 saturated heterocycles. The summed E-state index contributed by atoms with van der Waals surface area (Å²) in [5.41, 5.74) is 2.43. The van der Waals surface area contributed by atoms with Gasteiger partial charge < -0.3 is 14.8 Å². The Labute approximate surface area is 172 Å². The first-order chi connectivity index (χ1) is 14.1. The minimum atomic E-state index is -0.237. The molecule has 144 valence electrons. The minimum Gasteiger partial charge on any atom is -0.454 e. The second-order valence-electron chi connectivity index (χ2n) is 6.35. The molecule has 0 radical (unpaired) electrons. The molecule has 0 unspecified atom stereocenters. The van der Waals surface area contributed by atoms with Gasteiger partial charge in [-0.3, -0.25) is 9.59 Å². The maximum absolute atomic E-state index is 12.4. The average Bonchev–Trinajstić information content (AvgIpc) is 3.20. The van der Waals surface area contributed by atoms with E-state index in [0.29, 0.717) is 33.3 Å². The number of hydrogen-bond donors (Lipinski definition) is 1. The molecule has 29 heavy (non-hydrogen) atoms. The zero-order valence-corrected chi connectivity index (χ0v) is 16.0. The van der Waals surface area contributed by atoms with E-state index >= 15 is 0 Å². The molecule has 6 heteroatoms. The summed E-state index contributed by atoms with van der Waals surface area (Å²) >= 11 is 5.85. The van der Waals surface area contributed by atoms with Crippen LogP contribution in [0.15, 0.2) is 72.8 Å². The van der Waals surface area contributed by atoms with Gasteiger partial charge in [0, 0.05) is 21.8 Å². The Balaban J connectivity index is 1.45. The number of ketones is 1. The van der Waals surface area contributed by atoms with Crippen molar-refractivity contribution in [3.8, 4) is 11.5 Å². The zero-order valence-electron chi connectivity index (χ0n) is 15.2. The number of ether oxygens (including phenoxy) is 2. The third-order valence-electron chi connectivity index (χ3n) is 4.34. The lowest BCUT2D eigenvalue weighted by Gasteiger charge is -2.06. The topological polar surface area (TPSA) is 64.6 Å². The minimum absolute atomic E-state index is 0.154. The van der Waals surface area contributed by atoms with E-state index in [1.165, 1.54) is 6.08 Å². The number of allylic oxidation sites excluding steroid dienone is 1. The molecule has 0 saturated carbocycles. The van der Waals surface area contributed by atoms with E-state index in [1.54, 1.807) is 60.7 Å². The molecule has 3 aromatic rings. The number of carbonyl (C=O) groups is 2. The van der Waals surface area contributed by atoms with Crippen molar-refractivity contribution in [2.45, 2.75) is 0 Å². The first-order valence-corrected chi connectivity index (χ1v) is 9.25. The summed E-state index contributed by atoms with van der Waals surface area (Å²) in [7, 11) is 0. The van der Waals surface area contributed by atoms with Gasteiger partial charge in [0.2, 0.25) is 6.79 Å². The van der Waals surface area contributed by atoms with E-state index in [9.17, 15) is 9.59 Å². The predicted molar refractivity (Wildman–Crippen MR) is 112 cm³/mol. The molecule has 1 N–H and O–H groups in total. The molecule has 0 bridgehead atoms. The number of anilines is 1. The predicted octanol–water partition coefficient (Wildman–Crippen LogP) is 5.22. The van der Waals surface area contributed by atoms with Crippen LogP contribution < -0.4 is 14.8 Å². The third kappa shape index (κ3) is 4.47. The van der Waals surface area contributed by atoms with Crippen LogP contribution in [0, 0.1) is 0 Å². The smallest absolute Gasteiger partial charge is 0.255 e. The second-order valence-corrected chi connectivity index (χ2v) is 6.79. The number of hydrogen-bond acceptors (Lipinski definition) is 4. The van der Waals surface area contributed by atoms with Gasteiger partial charge in [-0.05, 0) is 66.2 Å². The summed E-state index contributed by atoms with van der Waals surface area (Å²) in [5, 5.41) is 3.40. The molecule has 1 aliphatic heterocycles. The van der Waals surface area contributed by atoms with Gasteiger partial charge in [-0.2, -0.15) is 0 Å². The van der Waals surface area contributed by atoms with Gasteiger partial charge in [0.1, 0.15) is 0 Å². The maximum atomic E-state index is 12.4. The average molecular weight is 406 g/mol. The van der Waals surface area contributed by atoms with Gasteiger partial charge in [-0.25, -0.2) is 0 Å². The highest BCUT2D eigenvalue weighted by Gasteiger charge is 2.15. The molecule has 4 rings (SSSR count). The molecule has 1 aliphatic rings. The van der Waals surface area contributed by atoms with Crippen LogP contribution in [0.2, 0.25) is 5.02 Å². The molecule has 0 fully saturated rings. The Bertz CT molecular complexity index is 1110. The molecule has 0 atom stereocenters. The number of amides is 1. The van der Waals surface area contributed by atoms with Gasteiger partial charge in [0.15, 0.2) is 17.3 Å². The summed E-state index contributed by atoms with van der Waals surface area (Å²) in [6, 6.07) is 19.0. The van der Waals surface area contributed by atoms with Crippen molar-refractivity contribution in [1.29, 1.82) is 0 Å². The first kappa shape index (κ1) is 18.8. The number of halogens is 1. The third-order valence-corrected chi connectivity index (χ3v) is 4.59. The number of rotatable bonds is 5. The van der Waals surface area contributed by atoms with Gasteiger partial charge in [-0.1, -0.05) is 29.8 Å². The number of fused-ring (bicyclic) bond motifs is 1. The normalized spacial score (nSPS) is 12.2. The highest BCUT2D eigenvalue weighted by Crippen LogP contribution is 2.32. The van der Waals surface area contributed by atoms with E-state index in [4.69, 9.17) is 21.1 Å². The molecule has 0 aliphatic carbocycles. The molecule has 0 aromatic heterocycles.